The number of carbonyl (C=O) groups excluding carboxylic acids is 1. The first-order valence-corrected chi connectivity index (χ1v) is 6.82. The molecular formula is C16H12BrNO2. The number of carbonyl (C=O) groups is 1. The third-order valence-electron chi connectivity index (χ3n) is 2.84. The topological polar surface area (TPSA) is 50.1 Å². The van der Waals surface area contributed by atoms with Gasteiger partial charge in [-0.2, -0.15) is 5.26 Å². The Bertz CT molecular complexity index is 672. The van der Waals surface area contributed by atoms with Gasteiger partial charge < -0.3 is 4.74 Å². The summed E-state index contributed by atoms with van der Waals surface area (Å²) in [5.41, 5.74) is 2.01. The molecule has 2 aromatic rings. The van der Waals surface area contributed by atoms with Crippen molar-refractivity contribution in [1.29, 1.82) is 5.26 Å². The number of benzene rings is 2. The van der Waals surface area contributed by atoms with Gasteiger partial charge in [-0.1, -0.05) is 34.1 Å². The second-order valence-electron chi connectivity index (χ2n) is 4.31. The van der Waals surface area contributed by atoms with Crippen molar-refractivity contribution in [3.05, 3.63) is 63.6 Å². The summed E-state index contributed by atoms with van der Waals surface area (Å²) in [7, 11) is 0. The summed E-state index contributed by atoms with van der Waals surface area (Å²) >= 11 is 3.32. The van der Waals surface area contributed by atoms with E-state index in [-0.39, 0.29) is 12.4 Å². The average Bonchev–Trinajstić information content (AvgIpc) is 2.47. The minimum atomic E-state index is -0.0979. The predicted octanol–water partition coefficient (Wildman–Crippen LogP) is 3.89. The fourth-order valence-electron chi connectivity index (χ4n) is 1.69. The lowest BCUT2D eigenvalue weighted by molar-refractivity contribution is 0.0921. The zero-order valence-corrected chi connectivity index (χ0v) is 12.5. The highest BCUT2D eigenvalue weighted by Crippen LogP contribution is 2.19. The number of halogens is 1. The second-order valence-corrected chi connectivity index (χ2v) is 5.23. The molecule has 0 aliphatic rings. The summed E-state index contributed by atoms with van der Waals surface area (Å²) in [6.07, 6.45) is 0. The van der Waals surface area contributed by atoms with Gasteiger partial charge in [0.2, 0.25) is 0 Å². The van der Waals surface area contributed by atoms with E-state index < -0.39 is 0 Å². The standard InChI is InChI=1S/C16H12BrNO2/c1-11-2-3-12(9-18)8-16(11)20-10-15(19)13-4-6-14(17)7-5-13/h2-8H,10H2,1H3. The Balaban J connectivity index is 2.07. The molecule has 20 heavy (non-hydrogen) atoms. The summed E-state index contributed by atoms with van der Waals surface area (Å²) in [5.74, 6) is 0.466. The lowest BCUT2D eigenvalue weighted by atomic mass is 10.1. The van der Waals surface area contributed by atoms with Crippen LogP contribution in [-0.2, 0) is 0 Å². The van der Waals surface area contributed by atoms with Crippen molar-refractivity contribution >= 4 is 21.7 Å². The monoisotopic (exact) mass is 329 g/mol. The number of nitriles is 1. The van der Waals surface area contributed by atoms with Crippen LogP contribution < -0.4 is 4.74 Å². The van der Waals surface area contributed by atoms with Gasteiger partial charge in [0.05, 0.1) is 11.6 Å². The van der Waals surface area contributed by atoms with E-state index in [0.29, 0.717) is 16.9 Å². The van der Waals surface area contributed by atoms with Gasteiger partial charge >= 0.3 is 0 Å². The van der Waals surface area contributed by atoms with Gasteiger partial charge in [-0.25, -0.2) is 0 Å². The molecule has 0 heterocycles. The minimum absolute atomic E-state index is 0.0443. The SMILES string of the molecule is Cc1ccc(C#N)cc1OCC(=O)c1ccc(Br)cc1. The first kappa shape index (κ1) is 14.3. The van der Waals surface area contributed by atoms with Crippen molar-refractivity contribution in [2.75, 3.05) is 6.61 Å². The lowest BCUT2D eigenvalue weighted by Gasteiger charge is -2.08. The Morgan fingerprint density at radius 3 is 2.60 bits per heavy atom. The molecule has 0 amide bonds. The summed E-state index contributed by atoms with van der Waals surface area (Å²) < 4.78 is 6.44. The van der Waals surface area contributed by atoms with Crippen molar-refractivity contribution in [3.8, 4) is 11.8 Å². The second kappa shape index (κ2) is 6.36. The Labute approximate surface area is 125 Å². The predicted molar refractivity (Wildman–Crippen MR) is 79.9 cm³/mol. The van der Waals surface area contributed by atoms with E-state index in [1.807, 2.05) is 25.1 Å². The molecule has 0 unspecified atom stereocenters. The smallest absolute Gasteiger partial charge is 0.200 e. The fourth-order valence-corrected chi connectivity index (χ4v) is 1.95. The van der Waals surface area contributed by atoms with Crippen molar-refractivity contribution in [2.45, 2.75) is 6.92 Å². The molecule has 4 heteroatoms. The van der Waals surface area contributed by atoms with Crippen LogP contribution in [0.3, 0.4) is 0 Å². The van der Waals surface area contributed by atoms with Gasteiger partial charge in [-0.15, -0.1) is 0 Å². The van der Waals surface area contributed by atoms with Gasteiger partial charge in [-0.05, 0) is 36.8 Å². The Morgan fingerprint density at radius 2 is 1.95 bits per heavy atom. The molecule has 0 radical (unpaired) electrons. The summed E-state index contributed by atoms with van der Waals surface area (Å²) in [6.45, 7) is 1.83. The van der Waals surface area contributed by atoms with Crippen LogP contribution in [0.5, 0.6) is 5.75 Å². The number of rotatable bonds is 4. The molecule has 0 spiro atoms. The van der Waals surface area contributed by atoms with E-state index in [0.717, 1.165) is 10.0 Å². The van der Waals surface area contributed by atoms with Crippen molar-refractivity contribution in [3.63, 3.8) is 0 Å². The molecule has 100 valence electrons. The molecule has 0 atom stereocenters. The van der Waals surface area contributed by atoms with Crippen LogP contribution in [-0.4, -0.2) is 12.4 Å². The fraction of sp³-hybridized carbons (Fsp3) is 0.125. The number of ketones is 1. The van der Waals surface area contributed by atoms with Gasteiger partial charge in [0, 0.05) is 10.0 Å². The number of ether oxygens (including phenoxy) is 1. The molecule has 2 rings (SSSR count). The molecule has 3 nitrogen and oxygen atoms in total. The van der Waals surface area contributed by atoms with Crippen molar-refractivity contribution in [1.82, 2.24) is 0 Å². The van der Waals surface area contributed by atoms with Crippen LogP contribution in [0.25, 0.3) is 0 Å². The zero-order valence-electron chi connectivity index (χ0n) is 10.9. The maximum atomic E-state index is 12.0. The van der Waals surface area contributed by atoms with Crippen LogP contribution in [0.1, 0.15) is 21.5 Å². The van der Waals surface area contributed by atoms with Gasteiger partial charge in [0.1, 0.15) is 5.75 Å². The molecule has 0 fully saturated rings. The van der Waals surface area contributed by atoms with Crippen LogP contribution in [0.2, 0.25) is 0 Å². The number of hydrogen-bond donors (Lipinski definition) is 0. The van der Waals surface area contributed by atoms with Gasteiger partial charge in [0.25, 0.3) is 0 Å². The zero-order chi connectivity index (χ0) is 14.5. The van der Waals surface area contributed by atoms with Gasteiger partial charge in [-0.3, -0.25) is 4.79 Å². The highest BCUT2D eigenvalue weighted by Gasteiger charge is 2.08. The molecule has 2 aromatic carbocycles. The summed E-state index contributed by atoms with van der Waals surface area (Å²) in [4.78, 5) is 12.0. The van der Waals surface area contributed by atoms with E-state index in [1.54, 1.807) is 30.3 Å². The highest BCUT2D eigenvalue weighted by molar-refractivity contribution is 9.10. The number of Topliss-reactive ketones (excluding diaryl/α,β-unsaturated/α-hetero) is 1. The minimum Gasteiger partial charge on any atom is -0.485 e. The van der Waals surface area contributed by atoms with E-state index >= 15 is 0 Å². The summed E-state index contributed by atoms with van der Waals surface area (Å²) in [6, 6.07) is 14.3. The van der Waals surface area contributed by atoms with E-state index in [2.05, 4.69) is 15.9 Å². The first-order valence-electron chi connectivity index (χ1n) is 6.02. The Kier molecular flexibility index (Phi) is 4.54. The third-order valence-corrected chi connectivity index (χ3v) is 3.37. The molecule has 0 N–H and O–H groups in total. The number of hydrogen-bond acceptors (Lipinski definition) is 3. The van der Waals surface area contributed by atoms with E-state index in [9.17, 15) is 4.79 Å². The summed E-state index contributed by atoms with van der Waals surface area (Å²) in [5, 5.41) is 8.86. The van der Waals surface area contributed by atoms with Crippen molar-refractivity contribution < 1.29 is 9.53 Å². The first-order chi connectivity index (χ1) is 9.60. The maximum absolute atomic E-state index is 12.0. The average molecular weight is 330 g/mol. The molecule has 0 bridgehead atoms. The van der Waals surface area contributed by atoms with Crippen molar-refractivity contribution in [2.24, 2.45) is 0 Å². The largest absolute Gasteiger partial charge is 0.485 e. The molecule has 0 saturated heterocycles. The van der Waals surface area contributed by atoms with E-state index in [4.69, 9.17) is 10.00 Å². The quantitative estimate of drug-likeness (QED) is 0.799. The Hall–Kier alpha value is -2.12. The van der Waals surface area contributed by atoms with E-state index in [1.165, 1.54) is 0 Å². The Morgan fingerprint density at radius 1 is 1.25 bits per heavy atom. The third kappa shape index (κ3) is 3.46. The normalized spacial score (nSPS) is 9.85. The van der Waals surface area contributed by atoms with Gasteiger partial charge in [0.15, 0.2) is 12.4 Å². The molecule has 0 aromatic heterocycles. The lowest BCUT2D eigenvalue weighted by Crippen LogP contribution is -2.12. The molecule has 0 aliphatic heterocycles. The molecule has 0 saturated carbocycles. The maximum Gasteiger partial charge on any atom is 0.200 e. The van der Waals surface area contributed by atoms with Crippen LogP contribution in [0.15, 0.2) is 46.9 Å². The number of nitrogens with zero attached hydrogens (tertiary/aromatic N) is 1. The van der Waals surface area contributed by atoms with Crippen LogP contribution in [0.4, 0.5) is 0 Å². The van der Waals surface area contributed by atoms with Crippen LogP contribution >= 0.6 is 15.9 Å². The molecular weight excluding hydrogens is 318 g/mol. The molecule has 0 aliphatic carbocycles. The highest BCUT2D eigenvalue weighted by atomic mass is 79.9. The van der Waals surface area contributed by atoms with Crippen LogP contribution in [0, 0.1) is 18.3 Å². The number of aryl methyl sites for hydroxylation is 1.